The van der Waals surface area contributed by atoms with Gasteiger partial charge < -0.3 is 4.90 Å². The molecule has 1 saturated carbocycles. The summed E-state index contributed by atoms with van der Waals surface area (Å²) in [5.41, 5.74) is -0.379. The summed E-state index contributed by atoms with van der Waals surface area (Å²) in [4.78, 5) is 43.4. The second-order valence-electron chi connectivity index (χ2n) is 8.33. The molecular weight excluding hydrogens is 360 g/mol. The molecule has 0 unspecified atom stereocenters. The number of thiophene rings is 1. The molecule has 2 aliphatic carbocycles. The lowest BCUT2D eigenvalue weighted by Gasteiger charge is -2.46. The fraction of sp³-hybridized carbons (Fsp3) is 0.571. The number of likely N-dealkylation sites (tertiary alicyclic amines) is 2. The fourth-order valence-corrected chi connectivity index (χ4v) is 6.35. The SMILES string of the molecule is O=C1[C@@H]2CC=CC[C@H]2C(=O)N1C1CN(C(=O)C2(c3cccs3)CCCC2)C1. The Morgan fingerprint density at radius 3 is 2.22 bits per heavy atom. The van der Waals surface area contributed by atoms with E-state index in [-0.39, 0.29) is 41.0 Å². The summed E-state index contributed by atoms with van der Waals surface area (Å²) >= 11 is 1.67. The molecule has 6 heteroatoms. The second kappa shape index (κ2) is 6.30. The maximum Gasteiger partial charge on any atom is 0.234 e. The Labute approximate surface area is 163 Å². The third-order valence-corrected chi connectivity index (χ3v) is 7.99. The number of hydrogen-bond acceptors (Lipinski definition) is 4. The van der Waals surface area contributed by atoms with Gasteiger partial charge in [0.15, 0.2) is 0 Å². The summed E-state index contributed by atoms with van der Waals surface area (Å²) in [5, 5.41) is 2.04. The predicted octanol–water partition coefficient (Wildman–Crippen LogP) is 2.72. The van der Waals surface area contributed by atoms with E-state index in [1.54, 1.807) is 11.3 Å². The number of nitrogens with zero attached hydrogens (tertiary/aromatic N) is 2. The Hall–Kier alpha value is -1.95. The van der Waals surface area contributed by atoms with Crippen LogP contribution < -0.4 is 0 Å². The Kier molecular flexibility index (Phi) is 4.00. The molecule has 1 aromatic heterocycles. The average molecular weight is 385 g/mol. The van der Waals surface area contributed by atoms with Crippen molar-refractivity contribution in [2.45, 2.75) is 50.0 Å². The summed E-state index contributed by atoms with van der Waals surface area (Å²) in [6.07, 6.45) is 9.34. The molecule has 142 valence electrons. The van der Waals surface area contributed by atoms with Gasteiger partial charge in [-0.2, -0.15) is 0 Å². The molecule has 0 aromatic carbocycles. The van der Waals surface area contributed by atoms with Crippen LogP contribution in [0.5, 0.6) is 0 Å². The number of imide groups is 1. The van der Waals surface area contributed by atoms with Gasteiger partial charge in [-0.1, -0.05) is 31.1 Å². The highest BCUT2D eigenvalue weighted by molar-refractivity contribution is 7.10. The molecule has 3 heterocycles. The molecule has 4 aliphatic rings. The molecular formula is C21H24N2O3S. The van der Waals surface area contributed by atoms with Crippen LogP contribution in [0.3, 0.4) is 0 Å². The summed E-state index contributed by atoms with van der Waals surface area (Å²) in [5.74, 6) is -0.225. The largest absolute Gasteiger partial charge is 0.338 e. The number of fused-ring (bicyclic) bond motifs is 1. The van der Waals surface area contributed by atoms with E-state index in [9.17, 15) is 14.4 Å². The van der Waals surface area contributed by atoms with Gasteiger partial charge >= 0.3 is 0 Å². The monoisotopic (exact) mass is 384 g/mol. The van der Waals surface area contributed by atoms with Crippen LogP contribution in [0.4, 0.5) is 0 Å². The minimum Gasteiger partial charge on any atom is -0.338 e. The molecule has 2 saturated heterocycles. The zero-order chi connectivity index (χ0) is 18.6. The Morgan fingerprint density at radius 1 is 1.04 bits per heavy atom. The molecule has 5 rings (SSSR count). The van der Waals surface area contributed by atoms with E-state index >= 15 is 0 Å². The van der Waals surface area contributed by atoms with Crippen LogP contribution in [0.2, 0.25) is 0 Å². The molecule has 27 heavy (non-hydrogen) atoms. The van der Waals surface area contributed by atoms with Crippen molar-refractivity contribution >= 4 is 29.1 Å². The van der Waals surface area contributed by atoms with E-state index in [1.807, 2.05) is 28.5 Å². The molecule has 0 N–H and O–H groups in total. The molecule has 2 atom stereocenters. The number of rotatable bonds is 3. The lowest BCUT2D eigenvalue weighted by molar-refractivity contribution is -0.155. The van der Waals surface area contributed by atoms with E-state index in [4.69, 9.17) is 0 Å². The molecule has 3 fully saturated rings. The first-order chi connectivity index (χ1) is 13.1. The van der Waals surface area contributed by atoms with Crippen LogP contribution in [0.25, 0.3) is 0 Å². The minimum absolute atomic E-state index is 0.0275. The summed E-state index contributed by atoms with van der Waals surface area (Å²) in [6.45, 7) is 0.993. The van der Waals surface area contributed by atoms with E-state index in [2.05, 4.69) is 6.07 Å². The van der Waals surface area contributed by atoms with Crippen LogP contribution in [-0.2, 0) is 19.8 Å². The highest BCUT2D eigenvalue weighted by Gasteiger charge is 2.54. The maximum atomic E-state index is 13.4. The lowest BCUT2D eigenvalue weighted by Crippen LogP contribution is -2.65. The van der Waals surface area contributed by atoms with Crippen LogP contribution >= 0.6 is 11.3 Å². The van der Waals surface area contributed by atoms with Crippen molar-refractivity contribution in [1.29, 1.82) is 0 Å². The number of carbonyl (C=O) groups is 3. The van der Waals surface area contributed by atoms with Crippen molar-refractivity contribution < 1.29 is 14.4 Å². The molecule has 3 amide bonds. The fourth-order valence-electron chi connectivity index (χ4n) is 5.37. The van der Waals surface area contributed by atoms with E-state index in [1.165, 1.54) is 9.78 Å². The molecule has 2 aliphatic heterocycles. The van der Waals surface area contributed by atoms with Crippen molar-refractivity contribution in [2.75, 3.05) is 13.1 Å². The van der Waals surface area contributed by atoms with Crippen molar-refractivity contribution in [1.82, 2.24) is 9.80 Å². The molecule has 0 radical (unpaired) electrons. The van der Waals surface area contributed by atoms with E-state index in [0.29, 0.717) is 25.9 Å². The predicted molar refractivity (Wildman–Crippen MR) is 102 cm³/mol. The topological polar surface area (TPSA) is 57.7 Å². The third-order valence-electron chi connectivity index (χ3n) is 6.92. The number of amides is 3. The van der Waals surface area contributed by atoms with Gasteiger partial charge in [-0.05, 0) is 37.1 Å². The smallest absolute Gasteiger partial charge is 0.234 e. The second-order valence-corrected chi connectivity index (χ2v) is 9.28. The zero-order valence-electron chi connectivity index (χ0n) is 15.3. The zero-order valence-corrected chi connectivity index (χ0v) is 16.1. The van der Waals surface area contributed by atoms with Crippen molar-refractivity contribution in [3.8, 4) is 0 Å². The van der Waals surface area contributed by atoms with Gasteiger partial charge in [0.2, 0.25) is 17.7 Å². The first-order valence-corrected chi connectivity index (χ1v) is 10.8. The normalized spacial score (nSPS) is 29.9. The first-order valence-electron chi connectivity index (χ1n) is 9.97. The van der Waals surface area contributed by atoms with Gasteiger partial charge in [-0.25, -0.2) is 0 Å². The van der Waals surface area contributed by atoms with Crippen molar-refractivity contribution in [2.24, 2.45) is 11.8 Å². The molecule has 0 bridgehead atoms. The summed E-state index contributed by atoms with van der Waals surface area (Å²) in [7, 11) is 0. The van der Waals surface area contributed by atoms with Gasteiger partial charge in [-0.3, -0.25) is 19.3 Å². The van der Waals surface area contributed by atoms with Gasteiger partial charge in [0.1, 0.15) is 0 Å². The van der Waals surface area contributed by atoms with Crippen molar-refractivity contribution in [3.05, 3.63) is 34.5 Å². The summed E-state index contributed by atoms with van der Waals surface area (Å²) in [6, 6.07) is 3.96. The van der Waals surface area contributed by atoms with E-state index in [0.717, 1.165) is 25.7 Å². The molecule has 1 aromatic rings. The highest BCUT2D eigenvalue weighted by Crippen LogP contribution is 2.46. The average Bonchev–Trinajstić information content (AvgIpc) is 3.38. The molecule has 5 nitrogen and oxygen atoms in total. The van der Waals surface area contributed by atoms with E-state index < -0.39 is 0 Å². The van der Waals surface area contributed by atoms with Crippen LogP contribution in [0, 0.1) is 11.8 Å². The van der Waals surface area contributed by atoms with Crippen LogP contribution in [0.15, 0.2) is 29.7 Å². The van der Waals surface area contributed by atoms with Crippen LogP contribution in [-0.4, -0.2) is 46.7 Å². The minimum atomic E-state index is -0.379. The Morgan fingerprint density at radius 2 is 1.67 bits per heavy atom. The van der Waals surface area contributed by atoms with Gasteiger partial charge in [-0.15, -0.1) is 11.3 Å². The number of hydrogen-bond donors (Lipinski definition) is 0. The Bertz CT molecular complexity index is 777. The lowest BCUT2D eigenvalue weighted by atomic mass is 9.81. The maximum absolute atomic E-state index is 13.4. The number of allylic oxidation sites excluding steroid dienone is 2. The Balaban J connectivity index is 1.30. The van der Waals surface area contributed by atoms with Crippen LogP contribution in [0.1, 0.15) is 43.4 Å². The van der Waals surface area contributed by atoms with Gasteiger partial charge in [0, 0.05) is 18.0 Å². The van der Waals surface area contributed by atoms with Crippen molar-refractivity contribution in [3.63, 3.8) is 0 Å². The molecule has 0 spiro atoms. The van der Waals surface area contributed by atoms with Gasteiger partial charge in [0.25, 0.3) is 0 Å². The third kappa shape index (κ3) is 2.45. The quantitative estimate of drug-likeness (QED) is 0.595. The highest BCUT2D eigenvalue weighted by atomic mass is 32.1. The first kappa shape index (κ1) is 17.2. The standard InChI is InChI=1S/C21H24N2O3S/c24-18-15-6-1-2-7-16(15)19(25)23(18)14-12-22(13-14)20(26)21(9-3-4-10-21)17-8-5-11-27-17/h1-2,5,8,11,14-16H,3-4,6-7,9-10,12-13H2/t15-,16-/m1/s1. The number of carbonyl (C=O) groups excluding carboxylic acids is 3. The summed E-state index contributed by atoms with van der Waals surface area (Å²) < 4.78 is 0. The van der Waals surface area contributed by atoms with Gasteiger partial charge in [0.05, 0.1) is 23.3 Å².